The molecule has 138 valence electrons. The largest absolute Gasteiger partial charge is 0.497 e. The number of allylic oxidation sites excluding steroid dienone is 2. The summed E-state index contributed by atoms with van der Waals surface area (Å²) in [6.07, 6.45) is 0. The first kappa shape index (κ1) is 19.0. The normalized spacial score (nSPS) is 37.6. The Hall–Kier alpha value is -0.360. The number of methoxy groups -OCH3 is 1. The molecule has 2 aliphatic carbocycles. The number of hydrogen-bond acceptors (Lipinski definition) is 3. The van der Waals surface area contributed by atoms with Gasteiger partial charge in [-0.2, -0.15) is 0 Å². The monoisotopic (exact) mass is 473 g/mol. The lowest BCUT2D eigenvalue weighted by Crippen LogP contribution is -2.50. The molecule has 2 fully saturated rings. The first-order chi connectivity index (χ1) is 12.0. The van der Waals surface area contributed by atoms with E-state index in [1.54, 1.807) is 24.3 Å². The summed E-state index contributed by atoms with van der Waals surface area (Å²) in [6, 6.07) is 6.39. The first-order valence-electron chi connectivity index (χ1n) is 7.38. The molecule has 4 rings (SSSR count). The van der Waals surface area contributed by atoms with Crippen LogP contribution in [0.15, 0.2) is 34.3 Å². The summed E-state index contributed by atoms with van der Waals surface area (Å²) < 4.78 is 3.16. The van der Waals surface area contributed by atoms with E-state index in [1.165, 1.54) is 7.11 Å². The Morgan fingerprint density at radius 1 is 0.885 bits per heavy atom. The van der Waals surface area contributed by atoms with Crippen molar-refractivity contribution in [3.63, 3.8) is 0 Å². The topological polar surface area (TPSA) is 46.6 Å². The number of nitrogens with zero attached hydrogens (tertiary/aromatic N) is 1. The van der Waals surface area contributed by atoms with Crippen LogP contribution >= 0.6 is 69.6 Å². The number of amides is 2. The summed E-state index contributed by atoms with van der Waals surface area (Å²) in [6.45, 7) is 0. The zero-order chi connectivity index (χ0) is 19.2. The van der Waals surface area contributed by atoms with Gasteiger partial charge in [0, 0.05) is 0 Å². The second-order valence-corrected chi connectivity index (χ2v) is 9.57. The number of hydrogen-bond donors (Lipinski definition) is 0. The van der Waals surface area contributed by atoms with E-state index in [0.29, 0.717) is 11.4 Å². The number of rotatable bonds is 2. The van der Waals surface area contributed by atoms with Gasteiger partial charge >= 0.3 is 0 Å². The van der Waals surface area contributed by atoms with Gasteiger partial charge in [0.2, 0.25) is 11.8 Å². The fourth-order valence-electron chi connectivity index (χ4n) is 3.98. The second kappa shape index (κ2) is 5.59. The third kappa shape index (κ3) is 1.82. The molecule has 2 bridgehead atoms. The van der Waals surface area contributed by atoms with Crippen molar-refractivity contribution in [2.45, 2.75) is 14.1 Å². The van der Waals surface area contributed by atoms with Crippen molar-refractivity contribution >= 4 is 87.1 Å². The number of ether oxygens (including phenoxy) is 1. The fourth-order valence-corrected chi connectivity index (χ4v) is 6.91. The molecule has 1 heterocycles. The molecule has 4 atom stereocenters. The van der Waals surface area contributed by atoms with Gasteiger partial charge in [-0.25, -0.2) is 4.90 Å². The van der Waals surface area contributed by atoms with Crippen molar-refractivity contribution in [3.05, 3.63) is 34.3 Å². The quantitative estimate of drug-likeness (QED) is 0.462. The summed E-state index contributed by atoms with van der Waals surface area (Å²) in [7, 11) is 1.51. The second-order valence-electron chi connectivity index (χ2n) is 6.29. The number of imide groups is 1. The van der Waals surface area contributed by atoms with Crippen LogP contribution < -0.4 is 9.64 Å². The van der Waals surface area contributed by atoms with Crippen LogP contribution in [0.25, 0.3) is 0 Å². The van der Waals surface area contributed by atoms with E-state index in [-0.39, 0.29) is 10.1 Å². The Kier molecular flexibility index (Phi) is 4.08. The highest BCUT2D eigenvalue weighted by atomic mass is 35.5. The van der Waals surface area contributed by atoms with Crippen LogP contribution in [0.2, 0.25) is 0 Å². The van der Waals surface area contributed by atoms with Gasteiger partial charge in [-0.1, -0.05) is 46.4 Å². The van der Waals surface area contributed by atoms with E-state index < -0.39 is 37.7 Å². The highest BCUT2D eigenvalue weighted by Crippen LogP contribution is 2.77. The maximum absolute atomic E-state index is 13.1. The summed E-state index contributed by atoms with van der Waals surface area (Å²) >= 11 is 38.6. The zero-order valence-electron chi connectivity index (χ0n) is 12.9. The van der Waals surface area contributed by atoms with Crippen molar-refractivity contribution in [2.75, 3.05) is 12.0 Å². The lowest BCUT2D eigenvalue weighted by atomic mass is 9.84. The van der Waals surface area contributed by atoms with Crippen molar-refractivity contribution in [3.8, 4) is 5.75 Å². The minimum atomic E-state index is -1.93. The van der Waals surface area contributed by atoms with Gasteiger partial charge < -0.3 is 4.74 Å². The summed E-state index contributed by atoms with van der Waals surface area (Å²) in [5.41, 5.74) is 0.345. The number of carbonyl (C=O) groups is 2. The summed E-state index contributed by atoms with van der Waals surface area (Å²) in [5.74, 6) is -2.88. The molecule has 10 heteroatoms. The van der Waals surface area contributed by atoms with Crippen LogP contribution in [0, 0.1) is 11.8 Å². The molecule has 0 N–H and O–H groups in total. The molecule has 2 amide bonds. The van der Waals surface area contributed by atoms with E-state index in [9.17, 15) is 9.59 Å². The Labute approximate surface area is 178 Å². The van der Waals surface area contributed by atoms with Crippen LogP contribution in [0.3, 0.4) is 0 Å². The average Bonchev–Trinajstić information content (AvgIpc) is 3.00. The molecule has 0 radical (unpaired) electrons. The Bertz CT molecular complexity index is 838. The van der Waals surface area contributed by atoms with E-state index >= 15 is 0 Å². The molecule has 1 aromatic rings. The van der Waals surface area contributed by atoms with Gasteiger partial charge in [-0.15, -0.1) is 23.2 Å². The molecule has 0 aromatic heterocycles. The van der Waals surface area contributed by atoms with Crippen LogP contribution in [0.4, 0.5) is 5.69 Å². The number of anilines is 1. The zero-order valence-corrected chi connectivity index (χ0v) is 17.4. The summed E-state index contributed by atoms with van der Waals surface area (Å²) in [4.78, 5) is 23.7. The molecule has 3 aliphatic rings. The smallest absolute Gasteiger partial charge is 0.240 e. The number of halogens is 6. The van der Waals surface area contributed by atoms with Gasteiger partial charge in [0.15, 0.2) is 4.33 Å². The molecule has 1 saturated heterocycles. The Morgan fingerprint density at radius 3 is 1.69 bits per heavy atom. The van der Waals surface area contributed by atoms with E-state index in [2.05, 4.69) is 0 Å². The SMILES string of the molecule is COc1ccc(N2C(=O)[C@@H]3[C@@H](C2=O)[C@@]2(Cl)C(Cl)=C(Cl)[C@@]3(Cl)C2(Cl)Cl)cc1. The van der Waals surface area contributed by atoms with E-state index in [1.807, 2.05) is 0 Å². The molecular formula is C16H9Cl6NO3. The maximum Gasteiger partial charge on any atom is 0.240 e. The molecule has 1 saturated carbocycles. The van der Waals surface area contributed by atoms with Gasteiger partial charge in [0.25, 0.3) is 0 Å². The molecule has 4 nitrogen and oxygen atoms in total. The van der Waals surface area contributed by atoms with Crippen LogP contribution in [0.1, 0.15) is 0 Å². The number of carbonyl (C=O) groups excluding carboxylic acids is 2. The van der Waals surface area contributed by atoms with Crippen molar-refractivity contribution < 1.29 is 14.3 Å². The minimum Gasteiger partial charge on any atom is -0.497 e. The van der Waals surface area contributed by atoms with Gasteiger partial charge in [0.1, 0.15) is 15.5 Å². The Morgan fingerprint density at radius 2 is 1.31 bits per heavy atom. The number of alkyl halides is 4. The standard InChI is InChI=1S/C16H9Cl6NO3/c1-26-7-4-2-6(3-5-7)23-12(24)8-9(13(23)25)15(20)11(18)10(17)14(8,19)16(15,21)22/h2-5,8-9H,1H3/t8-,9-,14+,15+/m0/s1. The van der Waals surface area contributed by atoms with Crippen molar-refractivity contribution in [2.24, 2.45) is 11.8 Å². The van der Waals surface area contributed by atoms with Crippen LogP contribution in [0.5, 0.6) is 5.75 Å². The third-order valence-electron chi connectivity index (χ3n) is 5.24. The van der Waals surface area contributed by atoms with Gasteiger partial charge in [-0.05, 0) is 24.3 Å². The van der Waals surface area contributed by atoms with Gasteiger partial charge in [-0.3, -0.25) is 9.59 Å². The van der Waals surface area contributed by atoms with E-state index in [4.69, 9.17) is 74.3 Å². The average molecular weight is 476 g/mol. The molecule has 1 aromatic carbocycles. The predicted octanol–water partition coefficient (Wildman–Crippen LogP) is 4.65. The fraction of sp³-hybridized carbons (Fsp3) is 0.375. The molecule has 1 aliphatic heterocycles. The third-order valence-corrected chi connectivity index (χ3v) is 9.50. The highest BCUT2D eigenvalue weighted by molar-refractivity contribution is 6.67. The van der Waals surface area contributed by atoms with Crippen molar-refractivity contribution in [1.29, 1.82) is 0 Å². The highest BCUT2D eigenvalue weighted by Gasteiger charge is 2.87. The lowest BCUT2D eigenvalue weighted by Gasteiger charge is -2.34. The Balaban J connectivity index is 1.86. The predicted molar refractivity (Wildman–Crippen MR) is 103 cm³/mol. The van der Waals surface area contributed by atoms with Crippen LogP contribution in [-0.4, -0.2) is 33.0 Å². The number of benzene rings is 1. The number of fused-ring (bicyclic) bond motifs is 5. The summed E-state index contributed by atoms with van der Waals surface area (Å²) in [5, 5.41) is -0.223. The molecular weight excluding hydrogens is 467 g/mol. The molecule has 0 unspecified atom stereocenters. The van der Waals surface area contributed by atoms with Crippen LogP contribution in [-0.2, 0) is 9.59 Å². The van der Waals surface area contributed by atoms with Crippen molar-refractivity contribution in [1.82, 2.24) is 0 Å². The minimum absolute atomic E-state index is 0.111. The van der Waals surface area contributed by atoms with Gasteiger partial charge in [0.05, 0.1) is 34.7 Å². The first-order valence-corrected chi connectivity index (χ1v) is 9.65. The molecule has 0 spiro atoms. The van der Waals surface area contributed by atoms with E-state index in [0.717, 1.165) is 4.90 Å². The molecule has 26 heavy (non-hydrogen) atoms. The lowest BCUT2D eigenvalue weighted by molar-refractivity contribution is -0.123. The maximum atomic E-state index is 13.1.